The lowest BCUT2D eigenvalue weighted by Crippen LogP contribution is -2.20. The molecule has 0 aliphatic rings. The molecule has 4 rings (SSSR count). The van der Waals surface area contributed by atoms with Crippen LogP contribution in [0.3, 0.4) is 0 Å². The molecule has 0 fully saturated rings. The van der Waals surface area contributed by atoms with Crippen LogP contribution >= 0.6 is 39.7 Å². The van der Waals surface area contributed by atoms with Gasteiger partial charge in [0.05, 0.1) is 34.6 Å². The first-order chi connectivity index (χ1) is 16.2. The SMILES string of the molecule is Cc1nn(Cc2c(F)cccc2Cl)c(C)c1NC(=S)Nc1nn(Cc2ccccc2F)cc1Br. The highest BCUT2D eigenvalue weighted by Gasteiger charge is 2.17. The topological polar surface area (TPSA) is 59.7 Å². The number of benzene rings is 2. The summed E-state index contributed by atoms with van der Waals surface area (Å²) in [6.45, 7) is 4.15. The van der Waals surface area contributed by atoms with Gasteiger partial charge in [-0.25, -0.2) is 8.78 Å². The van der Waals surface area contributed by atoms with Gasteiger partial charge in [-0.15, -0.1) is 0 Å². The molecule has 0 aliphatic carbocycles. The van der Waals surface area contributed by atoms with Gasteiger partial charge in [0.2, 0.25) is 0 Å². The summed E-state index contributed by atoms with van der Waals surface area (Å²) < 4.78 is 32.1. The van der Waals surface area contributed by atoms with E-state index in [9.17, 15) is 8.78 Å². The van der Waals surface area contributed by atoms with E-state index in [4.69, 9.17) is 23.8 Å². The van der Waals surface area contributed by atoms with Crippen LogP contribution in [0.25, 0.3) is 0 Å². The van der Waals surface area contributed by atoms with Crippen molar-refractivity contribution in [2.45, 2.75) is 26.9 Å². The van der Waals surface area contributed by atoms with Gasteiger partial charge in [-0.3, -0.25) is 9.36 Å². The highest BCUT2D eigenvalue weighted by molar-refractivity contribution is 9.10. The fourth-order valence-corrected chi connectivity index (χ4v) is 4.32. The molecule has 176 valence electrons. The molecular formula is C23H20BrClF2N6S. The second kappa shape index (κ2) is 10.2. The van der Waals surface area contributed by atoms with Crippen molar-refractivity contribution in [3.8, 4) is 0 Å². The number of rotatable bonds is 6. The largest absolute Gasteiger partial charge is 0.329 e. The fourth-order valence-electron chi connectivity index (χ4n) is 3.48. The van der Waals surface area contributed by atoms with Crippen LogP contribution < -0.4 is 10.6 Å². The molecule has 0 spiro atoms. The van der Waals surface area contributed by atoms with E-state index in [1.54, 1.807) is 45.9 Å². The Morgan fingerprint density at radius 3 is 2.50 bits per heavy atom. The van der Waals surface area contributed by atoms with Crippen LogP contribution in [0.1, 0.15) is 22.5 Å². The van der Waals surface area contributed by atoms with Gasteiger partial charge in [0.25, 0.3) is 0 Å². The van der Waals surface area contributed by atoms with E-state index in [-0.39, 0.29) is 24.7 Å². The molecule has 34 heavy (non-hydrogen) atoms. The van der Waals surface area contributed by atoms with E-state index in [0.29, 0.717) is 42.9 Å². The molecule has 2 aromatic carbocycles. The third-order valence-electron chi connectivity index (χ3n) is 5.23. The second-order valence-corrected chi connectivity index (χ2v) is 9.27. The number of hydrogen-bond acceptors (Lipinski definition) is 3. The molecule has 0 radical (unpaired) electrons. The first kappa shape index (κ1) is 24.3. The molecule has 0 unspecified atom stereocenters. The molecule has 6 nitrogen and oxygen atoms in total. The van der Waals surface area contributed by atoms with Gasteiger partial charge in [0, 0.05) is 22.3 Å². The van der Waals surface area contributed by atoms with E-state index >= 15 is 0 Å². The second-order valence-electron chi connectivity index (χ2n) is 7.60. The number of hydrogen-bond donors (Lipinski definition) is 2. The standard InChI is InChI=1S/C23H20BrClF2N6S/c1-13-21(14(2)33(30-13)11-16-18(25)7-5-9-20(16)27)28-23(34)29-22-17(24)12-32(31-22)10-15-6-3-4-8-19(15)26/h3-9,12H,10-11H2,1-2H3,(H2,28,29,31,34). The number of nitrogens with zero attached hydrogens (tertiary/aromatic N) is 4. The minimum Gasteiger partial charge on any atom is -0.329 e. The van der Waals surface area contributed by atoms with E-state index < -0.39 is 0 Å². The van der Waals surface area contributed by atoms with Gasteiger partial charge in [0.1, 0.15) is 11.6 Å². The van der Waals surface area contributed by atoms with Crippen LogP contribution in [0.15, 0.2) is 53.1 Å². The first-order valence-electron chi connectivity index (χ1n) is 10.2. The number of nitrogens with one attached hydrogen (secondary N) is 2. The van der Waals surface area contributed by atoms with Crippen molar-refractivity contribution in [3.05, 3.63) is 92.3 Å². The smallest absolute Gasteiger partial charge is 0.176 e. The summed E-state index contributed by atoms with van der Waals surface area (Å²) in [6, 6.07) is 11.1. The monoisotopic (exact) mass is 564 g/mol. The van der Waals surface area contributed by atoms with Gasteiger partial charge in [-0.05, 0) is 60.2 Å². The maximum absolute atomic E-state index is 14.2. The average Bonchev–Trinajstić information content (AvgIpc) is 3.25. The van der Waals surface area contributed by atoms with Crippen molar-refractivity contribution in [2.24, 2.45) is 0 Å². The molecule has 0 saturated heterocycles. The Hall–Kier alpha value is -2.82. The number of thiocarbonyl (C=S) groups is 1. The molecule has 0 atom stereocenters. The molecule has 0 bridgehead atoms. The zero-order valence-corrected chi connectivity index (χ0v) is 21.4. The van der Waals surface area contributed by atoms with Crippen LogP contribution in [-0.4, -0.2) is 24.7 Å². The molecule has 2 aromatic heterocycles. The molecule has 0 aliphatic heterocycles. The lowest BCUT2D eigenvalue weighted by molar-refractivity contribution is 0.579. The highest BCUT2D eigenvalue weighted by atomic mass is 79.9. The Bertz CT molecular complexity index is 1350. The van der Waals surface area contributed by atoms with Gasteiger partial charge >= 0.3 is 0 Å². The molecule has 0 saturated carbocycles. The van der Waals surface area contributed by atoms with Gasteiger partial charge in [0.15, 0.2) is 10.9 Å². The maximum Gasteiger partial charge on any atom is 0.176 e. The molecule has 2 N–H and O–H groups in total. The summed E-state index contributed by atoms with van der Waals surface area (Å²) in [5.74, 6) is -0.197. The minimum absolute atomic E-state index is 0.187. The Balaban J connectivity index is 1.47. The van der Waals surface area contributed by atoms with Crippen molar-refractivity contribution < 1.29 is 8.78 Å². The number of anilines is 2. The maximum atomic E-state index is 14.2. The van der Waals surface area contributed by atoms with Gasteiger partial charge in [-0.2, -0.15) is 10.2 Å². The molecule has 0 amide bonds. The predicted molar refractivity (Wildman–Crippen MR) is 137 cm³/mol. The molecular weight excluding hydrogens is 546 g/mol. The Morgan fingerprint density at radius 1 is 1.03 bits per heavy atom. The zero-order valence-electron chi connectivity index (χ0n) is 18.2. The Labute approximate surface area is 214 Å². The number of aryl methyl sites for hydroxylation is 1. The molecule has 11 heteroatoms. The van der Waals surface area contributed by atoms with Crippen molar-refractivity contribution in [1.29, 1.82) is 0 Å². The fraction of sp³-hybridized carbons (Fsp3) is 0.174. The molecule has 2 heterocycles. The minimum atomic E-state index is -0.387. The third-order valence-corrected chi connectivity index (χ3v) is 6.37. The number of halogens is 4. The first-order valence-corrected chi connectivity index (χ1v) is 11.8. The predicted octanol–water partition coefficient (Wildman–Crippen LogP) is 6.30. The van der Waals surface area contributed by atoms with Crippen LogP contribution in [0.5, 0.6) is 0 Å². The normalized spacial score (nSPS) is 11.0. The summed E-state index contributed by atoms with van der Waals surface area (Å²) >= 11 is 15.1. The summed E-state index contributed by atoms with van der Waals surface area (Å²) in [7, 11) is 0. The van der Waals surface area contributed by atoms with Crippen LogP contribution in [-0.2, 0) is 13.1 Å². The summed E-state index contributed by atoms with van der Waals surface area (Å²) in [6.07, 6.45) is 1.74. The van der Waals surface area contributed by atoms with Gasteiger partial charge in [-0.1, -0.05) is 35.9 Å². The average molecular weight is 566 g/mol. The van der Waals surface area contributed by atoms with E-state index in [0.717, 1.165) is 5.69 Å². The Kier molecular flexibility index (Phi) is 7.30. The quantitative estimate of drug-likeness (QED) is 0.269. The van der Waals surface area contributed by atoms with E-state index in [2.05, 4.69) is 36.8 Å². The lowest BCUT2D eigenvalue weighted by atomic mass is 10.2. The van der Waals surface area contributed by atoms with Crippen molar-refractivity contribution >= 4 is 56.4 Å². The summed E-state index contributed by atoms with van der Waals surface area (Å²) in [4.78, 5) is 0. The molecule has 4 aromatic rings. The van der Waals surface area contributed by atoms with Crippen LogP contribution in [0, 0.1) is 25.5 Å². The van der Waals surface area contributed by atoms with Crippen molar-refractivity contribution in [1.82, 2.24) is 19.6 Å². The summed E-state index contributed by atoms with van der Waals surface area (Å²) in [5, 5.41) is 15.8. The van der Waals surface area contributed by atoms with Gasteiger partial charge < -0.3 is 10.6 Å². The van der Waals surface area contributed by atoms with Crippen molar-refractivity contribution in [2.75, 3.05) is 10.6 Å². The van der Waals surface area contributed by atoms with Crippen LogP contribution in [0.2, 0.25) is 5.02 Å². The third kappa shape index (κ3) is 5.29. The highest BCUT2D eigenvalue weighted by Crippen LogP contribution is 2.26. The van der Waals surface area contributed by atoms with Crippen molar-refractivity contribution in [3.63, 3.8) is 0 Å². The van der Waals surface area contributed by atoms with E-state index in [1.165, 1.54) is 12.1 Å². The Morgan fingerprint density at radius 2 is 1.76 bits per heavy atom. The lowest BCUT2D eigenvalue weighted by Gasteiger charge is -2.11. The van der Waals surface area contributed by atoms with Crippen LogP contribution in [0.4, 0.5) is 20.3 Å². The summed E-state index contributed by atoms with van der Waals surface area (Å²) in [5.41, 5.74) is 3.06. The number of aromatic nitrogens is 4. The zero-order chi connectivity index (χ0) is 24.4. The van der Waals surface area contributed by atoms with E-state index in [1.807, 2.05) is 13.8 Å².